The molecule has 0 aliphatic carbocycles. The van der Waals surface area contributed by atoms with E-state index in [2.05, 4.69) is 61.3 Å². The van der Waals surface area contributed by atoms with Gasteiger partial charge in [-0.05, 0) is 80.4 Å². The molecule has 0 radical (unpaired) electrons. The van der Waals surface area contributed by atoms with Gasteiger partial charge in [-0.25, -0.2) is 0 Å². The number of aryl methyl sites for hydroxylation is 2. The van der Waals surface area contributed by atoms with Crippen LogP contribution in [0.4, 0.5) is 0 Å². The highest BCUT2D eigenvalue weighted by Crippen LogP contribution is 2.38. The summed E-state index contributed by atoms with van der Waals surface area (Å²) in [5, 5.41) is 8.54. The number of hydrogen-bond acceptors (Lipinski definition) is 5. The molecule has 1 aliphatic rings. The van der Waals surface area contributed by atoms with Gasteiger partial charge in [0.25, 0.3) is 5.89 Å². The van der Waals surface area contributed by atoms with Gasteiger partial charge in [-0.1, -0.05) is 36.7 Å². The Morgan fingerprint density at radius 1 is 1.09 bits per heavy atom. The molecular formula is C26H30N4O2S. The van der Waals surface area contributed by atoms with Crippen LogP contribution >= 0.6 is 12.2 Å². The van der Waals surface area contributed by atoms with E-state index in [1.54, 1.807) is 7.11 Å². The lowest BCUT2D eigenvalue weighted by molar-refractivity contribution is 0.395. The van der Waals surface area contributed by atoms with Gasteiger partial charge in [0.05, 0.1) is 18.7 Å². The van der Waals surface area contributed by atoms with Crippen molar-refractivity contribution < 1.29 is 9.26 Å². The lowest BCUT2D eigenvalue weighted by Crippen LogP contribution is -2.46. The molecule has 3 aromatic rings. The molecule has 7 heteroatoms. The molecule has 0 amide bonds. The first-order chi connectivity index (χ1) is 15.9. The van der Waals surface area contributed by atoms with E-state index in [1.807, 2.05) is 24.3 Å². The summed E-state index contributed by atoms with van der Waals surface area (Å²) in [6, 6.07) is 13.9. The minimum atomic E-state index is -0.168. The Morgan fingerprint density at radius 2 is 1.85 bits per heavy atom. The molecule has 2 heterocycles. The van der Waals surface area contributed by atoms with E-state index in [1.165, 1.54) is 11.1 Å². The second kappa shape index (κ2) is 9.75. The third kappa shape index (κ3) is 4.64. The van der Waals surface area contributed by atoms with Crippen LogP contribution < -0.4 is 10.1 Å². The largest absolute Gasteiger partial charge is 0.497 e. The quantitative estimate of drug-likeness (QED) is 0.444. The van der Waals surface area contributed by atoms with Crippen LogP contribution in [0.1, 0.15) is 55.3 Å². The fourth-order valence-corrected chi connectivity index (χ4v) is 4.37. The van der Waals surface area contributed by atoms with Crippen LogP contribution in [0.25, 0.3) is 17.0 Å². The Kier molecular flexibility index (Phi) is 6.79. The normalized spacial score (nSPS) is 16.2. The van der Waals surface area contributed by atoms with Gasteiger partial charge in [0.15, 0.2) is 5.11 Å². The summed E-state index contributed by atoms with van der Waals surface area (Å²) in [5.41, 5.74) is 6.47. The summed E-state index contributed by atoms with van der Waals surface area (Å²) in [4.78, 5) is 6.92. The van der Waals surface area contributed by atoms with Crippen LogP contribution in [0.2, 0.25) is 0 Å². The topological polar surface area (TPSA) is 63.4 Å². The van der Waals surface area contributed by atoms with Crippen LogP contribution in [-0.2, 0) is 0 Å². The number of thiocarbonyl (C=S) groups is 1. The Morgan fingerprint density at radius 3 is 2.52 bits per heavy atom. The molecule has 1 N–H and O–H groups in total. The maximum atomic E-state index is 5.82. The van der Waals surface area contributed by atoms with Crippen LogP contribution in [0.3, 0.4) is 0 Å². The highest BCUT2D eigenvalue weighted by atomic mass is 32.1. The van der Waals surface area contributed by atoms with Gasteiger partial charge >= 0.3 is 0 Å². The van der Waals surface area contributed by atoms with E-state index in [4.69, 9.17) is 26.5 Å². The standard InChI is InChI=1S/C26H30N4O2S/c1-6-7-14-30-18(4)22(23(27-26(30)33)20-9-8-16(2)17(3)15-20)25-28-24(29-32-25)19-10-12-21(31-5)13-11-19/h8-13,15,23H,6-7,14H2,1-5H3,(H,27,33). The average Bonchev–Trinajstić information content (AvgIpc) is 3.30. The van der Waals surface area contributed by atoms with Crippen LogP contribution in [0.15, 0.2) is 52.7 Å². The van der Waals surface area contributed by atoms with Gasteiger partial charge in [-0.2, -0.15) is 4.98 Å². The first-order valence-electron chi connectivity index (χ1n) is 11.3. The van der Waals surface area contributed by atoms with Crippen molar-refractivity contribution >= 4 is 22.9 Å². The maximum Gasteiger partial charge on any atom is 0.258 e. The fraction of sp³-hybridized carbons (Fsp3) is 0.346. The molecule has 1 aromatic heterocycles. The third-order valence-corrected chi connectivity index (χ3v) is 6.54. The zero-order valence-corrected chi connectivity index (χ0v) is 20.6. The third-order valence-electron chi connectivity index (χ3n) is 6.20. The number of aromatic nitrogens is 2. The van der Waals surface area contributed by atoms with Crippen molar-refractivity contribution in [1.29, 1.82) is 0 Å². The van der Waals surface area contributed by atoms with Crippen molar-refractivity contribution in [3.05, 3.63) is 70.7 Å². The molecule has 0 spiro atoms. The molecule has 0 saturated carbocycles. The lowest BCUT2D eigenvalue weighted by Gasteiger charge is -2.37. The summed E-state index contributed by atoms with van der Waals surface area (Å²) in [7, 11) is 1.65. The smallest absolute Gasteiger partial charge is 0.258 e. The zero-order chi connectivity index (χ0) is 23.5. The first-order valence-corrected chi connectivity index (χ1v) is 11.7. The van der Waals surface area contributed by atoms with Gasteiger partial charge in [0, 0.05) is 17.8 Å². The molecule has 0 fully saturated rings. The molecule has 172 valence electrons. The van der Waals surface area contributed by atoms with Crippen LogP contribution in [-0.4, -0.2) is 33.8 Å². The highest BCUT2D eigenvalue weighted by Gasteiger charge is 2.34. The van der Waals surface area contributed by atoms with E-state index in [0.29, 0.717) is 11.7 Å². The van der Waals surface area contributed by atoms with Crippen molar-refractivity contribution in [1.82, 2.24) is 20.4 Å². The van der Waals surface area contributed by atoms with E-state index >= 15 is 0 Å². The molecule has 1 aliphatic heterocycles. The number of nitrogens with zero attached hydrogens (tertiary/aromatic N) is 3. The van der Waals surface area contributed by atoms with E-state index < -0.39 is 0 Å². The maximum absolute atomic E-state index is 5.82. The van der Waals surface area contributed by atoms with Gasteiger partial charge in [-0.3, -0.25) is 0 Å². The summed E-state index contributed by atoms with van der Waals surface area (Å²) in [6.07, 6.45) is 2.13. The molecule has 0 saturated heterocycles. The predicted molar refractivity (Wildman–Crippen MR) is 135 cm³/mol. The van der Waals surface area contributed by atoms with E-state index in [9.17, 15) is 0 Å². The second-order valence-electron chi connectivity index (χ2n) is 8.38. The number of methoxy groups -OCH3 is 1. The lowest BCUT2D eigenvalue weighted by atomic mass is 9.92. The van der Waals surface area contributed by atoms with Crippen molar-refractivity contribution in [3.63, 3.8) is 0 Å². The van der Waals surface area contributed by atoms with Gasteiger partial charge in [0.1, 0.15) is 5.75 Å². The number of benzene rings is 2. The minimum absolute atomic E-state index is 0.168. The van der Waals surface area contributed by atoms with E-state index in [-0.39, 0.29) is 6.04 Å². The molecule has 6 nitrogen and oxygen atoms in total. The monoisotopic (exact) mass is 462 g/mol. The number of rotatable bonds is 7. The number of hydrogen-bond donors (Lipinski definition) is 1. The van der Waals surface area contributed by atoms with Crippen LogP contribution in [0.5, 0.6) is 5.75 Å². The Hall–Kier alpha value is -3.19. The van der Waals surface area contributed by atoms with Crippen molar-refractivity contribution in [2.75, 3.05) is 13.7 Å². The van der Waals surface area contributed by atoms with Crippen molar-refractivity contribution in [3.8, 4) is 17.1 Å². The molecule has 2 aromatic carbocycles. The molecular weight excluding hydrogens is 432 g/mol. The summed E-state index contributed by atoms with van der Waals surface area (Å²) >= 11 is 5.76. The number of nitrogens with one attached hydrogen (secondary N) is 1. The summed E-state index contributed by atoms with van der Waals surface area (Å²) < 4.78 is 11.1. The molecule has 1 unspecified atom stereocenters. The van der Waals surface area contributed by atoms with Gasteiger partial charge in [-0.15, -0.1) is 0 Å². The minimum Gasteiger partial charge on any atom is -0.497 e. The van der Waals surface area contributed by atoms with Crippen LogP contribution in [0, 0.1) is 13.8 Å². The zero-order valence-electron chi connectivity index (χ0n) is 19.8. The highest BCUT2D eigenvalue weighted by molar-refractivity contribution is 7.80. The fourth-order valence-electron chi connectivity index (χ4n) is 4.03. The second-order valence-corrected chi connectivity index (χ2v) is 8.77. The molecule has 4 rings (SSSR count). The van der Waals surface area contributed by atoms with Gasteiger partial charge in [0.2, 0.25) is 5.82 Å². The van der Waals surface area contributed by atoms with E-state index in [0.717, 1.165) is 52.6 Å². The predicted octanol–water partition coefficient (Wildman–Crippen LogP) is 5.82. The van der Waals surface area contributed by atoms with Gasteiger partial charge < -0.3 is 19.5 Å². The summed E-state index contributed by atoms with van der Waals surface area (Å²) in [5.74, 6) is 1.82. The molecule has 1 atom stereocenters. The number of unbranched alkanes of at least 4 members (excludes halogenated alkanes) is 1. The molecule has 0 bridgehead atoms. The van der Waals surface area contributed by atoms with Crippen molar-refractivity contribution in [2.24, 2.45) is 0 Å². The Labute approximate surface area is 200 Å². The summed E-state index contributed by atoms with van der Waals surface area (Å²) in [6.45, 7) is 9.35. The number of allylic oxidation sites excluding steroid dienone is 1. The van der Waals surface area contributed by atoms with Crippen molar-refractivity contribution in [2.45, 2.75) is 46.6 Å². The Bertz CT molecular complexity index is 1180. The Balaban J connectivity index is 1.78. The molecule has 33 heavy (non-hydrogen) atoms. The average molecular weight is 463 g/mol. The number of ether oxygens (including phenoxy) is 1. The SMILES string of the molecule is CCCCN1C(=S)NC(c2ccc(C)c(C)c2)C(c2nc(-c3ccc(OC)cc3)no2)=C1C. The first kappa shape index (κ1) is 23.0.